The highest BCUT2D eigenvalue weighted by molar-refractivity contribution is 6.18. The maximum Gasteiger partial charge on any atom is 0.350 e. The maximum absolute atomic E-state index is 11.6. The smallest absolute Gasteiger partial charge is 0.297 e. The molecule has 1 aromatic rings. The van der Waals surface area contributed by atoms with Crippen LogP contribution in [0.1, 0.15) is 0 Å². The molecule has 7 nitrogen and oxygen atoms in total. The quantitative estimate of drug-likeness (QED) is 0.336. The monoisotopic (exact) mass is 259 g/mol. The summed E-state index contributed by atoms with van der Waals surface area (Å²) in [4.78, 5) is 33.0. The van der Waals surface area contributed by atoms with Gasteiger partial charge in [-0.1, -0.05) is 12.2 Å². The third kappa shape index (κ3) is 2.82. The van der Waals surface area contributed by atoms with Gasteiger partial charge in [-0.2, -0.15) is 0 Å². The van der Waals surface area contributed by atoms with E-state index in [1.165, 1.54) is 13.1 Å². The molecule has 8 heteroatoms. The molecule has 0 aliphatic carbocycles. The highest BCUT2D eigenvalue weighted by atomic mass is 35.5. The van der Waals surface area contributed by atoms with E-state index in [9.17, 15) is 19.7 Å². The third-order valence-corrected chi connectivity index (χ3v) is 2.23. The number of allylic oxidation sites excluding steroid dienone is 2. The molecule has 0 bridgehead atoms. The van der Waals surface area contributed by atoms with Crippen LogP contribution in [0.2, 0.25) is 0 Å². The Hall–Kier alpha value is -1.89. The van der Waals surface area contributed by atoms with Gasteiger partial charge in [0.1, 0.15) is 0 Å². The lowest BCUT2D eigenvalue weighted by molar-refractivity contribution is -0.387. The van der Waals surface area contributed by atoms with Crippen LogP contribution in [0.3, 0.4) is 0 Å². The van der Waals surface area contributed by atoms with Gasteiger partial charge in [-0.25, -0.2) is 4.79 Å². The van der Waals surface area contributed by atoms with Crippen molar-refractivity contribution in [2.24, 2.45) is 7.05 Å². The molecule has 1 aromatic heterocycles. The van der Waals surface area contributed by atoms with Crippen molar-refractivity contribution in [2.45, 2.75) is 6.54 Å². The molecule has 0 unspecified atom stereocenters. The van der Waals surface area contributed by atoms with E-state index in [2.05, 4.69) is 0 Å². The summed E-state index contributed by atoms with van der Waals surface area (Å²) in [5.74, 6) is 0.240. The lowest BCUT2D eigenvalue weighted by Gasteiger charge is -2.03. The van der Waals surface area contributed by atoms with Gasteiger partial charge in [-0.05, 0) is 0 Å². The van der Waals surface area contributed by atoms with Crippen molar-refractivity contribution in [3.05, 3.63) is 49.3 Å². The van der Waals surface area contributed by atoms with E-state index in [4.69, 9.17) is 11.6 Å². The first-order valence-corrected chi connectivity index (χ1v) is 5.18. The Morgan fingerprint density at radius 3 is 2.65 bits per heavy atom. The third-order valence-electron chi connectivity index (χ3n) is 2.05. The van der Waals surface area contributed by atoms with E-state index in [0.717, 1.165) is 15.3 Å². The van der Waals surface area contributed by atoms with Crippen molar-refractivity contribution in [3.63, 3.8) is 0 Å². The lowest BCUT2D eigenvalue weighted by Crippen LogP contribution is -2.39. The fraction of sp³-hybridized carbons (Fsp3) is 0.333. The molecule has 17 heavy (non-hydrogen) atoms. The van der Waals surface area contributed by atoms with Gasteiger partial charge in [0.15, 0.2) is 0 Å². The Morgan fingerprint density at radius 1 is 1.47 bits per heavy atom. The Kier molecular flexibility index (Phi) is 4.22. The van der Waals surface area contributed by atoms with E-state index in [0.29, 0.717) is 0 Å². The van der Waals surface area contributed by atoms with Crippen LogP contribution < -0.4 is 11.2 Å². The molecule has 0 aliphatic heterocycles. The topological polar surface area (TPSA) is 87.1 Å². The maximum atomic E-state index is 11.6. The van der Waals surface area contributed by atoms with Crippen molar-refractivity contribution >= 4 is 17.3 Å². The minimum atomic E-state index is -0.919. The van der Waals surface area contributed by atoms with Crippen molar-refractivity contribution in [3.8, 4) is 0 Å². The summed E-state index contributed by atoms with van der Waals surface area (Å²) in [6.45, 7) is -0.0418. The number of hydrogen-bond acceptors (Lipinski definition) is 4. The normalized spacial score (nSPS) is 10.9. The average Bonchev–Trinajstić information content (AvgIpc) is 2.28. The van der Waals surface area contributed by atoms with Crippen LogP contribution in [0.15, 0.2) is 27.9 Å². The first-order chi connectivity index (χ1) is 7.99. The molecule has 1 rings (SSSR count). The SMILES string of the molecule is Cn1cc([N+](=O)[O-])c(=O)n(CC=CCCl)c1=O. The summed E-state index contributed by atoms with van der Waals surface area (Å²) in [7, 11) is 1.34. The Balaban J connectivity index is 3.37. The lowest BCUT2D eigenvalue weighted by atomic mass is 10.4. The van der Waals surface area contributed by atoms with Gasteiger partial charge in [-0.15, -0.1) is 11.6 Å². The highest BCUT2D eigenvalue weighted by Gasteiger charge is 2.17. The molecule has 0 atom stereocenters. The molecule has 1 heterocycles. The number of alkyl halides is 1. The number of nitro groups is 1. The first kappa shape index (κ1) is 13.2. The summed E-state index contributed by atoms with van der Waals surface area (Å²) in [5.41, 5.74) is -2.16. The highest BCUT2D eigenvalue weighted by Crippen LogP contribution is 1.99. The van der Waals surface area contributed by atoms with Crippen LogP contribution in [0.5, 0.6) is 0 Å². The van der Waals surface area contributed by atoms with Gasteiger partial charge in [0.05, 0.1) is 11.1 Å². The standard InChI is InChI=1S/C9H10ClN3O4/c1-11-6-7(13(16)17)8(14)12(9(11)15)5-3-2-4-10/h2-3,6H,4-5H2,1H3. The van der Waals surface area contributed by atoms with Crippen LogP contribution in [0.4, 0.5) is 5.69 Å². The Bertz CT molecular complexity index is 573. The molecule has 0 spiro atoms. The number of rotatable bonds is 4. The summed E-state index contributed by atoms with van der Waals surface area (Å²) < 4.78 is 1.77. The summed E-state index contributed by atoms with van der Waals surface area (Å²) >= 11 is 5.39. The summed E-state index contributed by atoms with van der Waals surface area (Å²) in [6, 6.07) is 0. The predicted octanol–water partition coefficient (Wildman–Crippen LogP) is 0.250. The molecule has 0 aliphatic rings. The number of nitrogens with zero attached hydrogens (tertiary/aromatic N) is 3. The summed E-state index contributed by atoms with van der Waals surface area (Å²) in [5, 5.41) is 10.6. The molecule has 0 N–H and O–H groups in total. The second-order valence-corrected chi connectivity index (χ2v) is 3.52. The second-order valence-electron chi connectivity index (χ2n) is 3.21. The van der Waals surface area contributed by atoms with E-state index in [1.807, 2.05) is 0 Å². The van der Waals surface area contributed by atoms with E-state index in [-0.39, 0.29) is 12.4 Å². The van der Waals surface area contributed by atoms with E-state index < -0.39 is 21.9 Å². The Labute approximate surface area is 101 Å². The van der Waals surface area contributed by atoms with E-state index >= 15 is 0 Å². The minimum Gasteiger partial charge on any atom is -0.297 e. The molecule has 0 amide bonds. The van der Waals surface area contributed by atoms with Gasteiger partial charge in [0, 0.05) is 19.5 Å². The van der Waals surface area contributed by atoms with Crippen molar-refractivity contribution in [1.82, 2.24) is 9.13 Å². The van der Waals surface area contributed by atoms with Crippen LogP contribution in [-0.2, 0) is 13.6 Å². The minimum absolute atomic E-state index is 0.0418. The van der Waals surface area contributed by atoms with Crippen LogP contribution in [0, 0.1) is 10.1 Å². The zero-order valence-corrected chi connectivity index (χ0v) is 9.75. The van der Waals surface area contributed by atoms with Gasteiger partial charge in [0.2, 0.25) is 0 Å². The molecule has 0 aromatic carbocycles. The zero-order chi connectivity index (χ0) is 13.0. The number of aromatic nitrogens is 2. The predicted molar refractivity (Wildman–Crippen MR) is 62.5 cm³/mol. The van der Waals surface area contributed by atoms with Crippen LogP contribution in [0.25, 0.3) is 0 Å². The Morgan fingerprint density at radius 2 is 2.12 bits per heavy atom. The average molecular weight is 260 g/mol. The second kappa shape index (κ2) is 5.44. The van der Waals surface area contributed by atoms with Crippen molar-refractivity contribution in [2.75, 3.05) is 5.88 Å². The largest absolute Gasteiger partial charge is 0.350 e. The molecule has 0 saturated carbocycles. The van der Waals surface area contributed by atoms with Crippen molar-refractivity contribution < 1.29 is 4.92 Å². The molecule has 0 saturated heterocycles. The van der Waals surface area contributed by atoms with Gasteiger partial charge < -0.3 is 0 Å². The number of halogens is 1. The van der Waals surface area contributed by atoms with Gasteiger partial charge >= 0.3 is 16.9 Å². The van der Waals surface area contributed by atoms with E-state index in [1.54, 1.807) is 6.08 Å². The first-order valence-electron chi connectivity index (χ1n) is 4.65. The fourth-order valence-corrected chi connectivity index (χ4v) is 1.36. The molecule has 0 fully saturated rings. The van der Waals surface area contributed by atoms with Gasteiger partial charge in [-0.3, -0.25) is 24.0 Å². The van der Waals surface area contributed by atoms with Crippen LogP contribution in [-0.4, -0.2) is 19.9 Å². The summed E-state index contributed by atoms with van der Waals surface area (Å²) in [6.07, 6.45) is 3.96. The molecular weight excluding hydrogens is 250 g/mol. The van der Waals surface area contributed by atoms with Gasteiger partial charge in [0.25, 0.3) is 0 Å². The van der Waals surface area contributed by atoms with Crippen LogP contribution >= 0.6 is 11.6 Å². The number of aryl methyl sites for hydroxylation is 1. The van der Waals surface area contributed by atoms with Crippen molar-refractivity contribution in [1.29, 1.82) is 0 Å². The molecule has 92 valence electrons. The molecular formula is C9H10ClN3O4. The number of hydrogen-bond donors (Lipinski definition) is 0. The zero-order valence-electron chi connectivity index (χ0n) is 9.00. The molecule has 0 radical (unpaired) electrons. The fourth-order valence-electron chi connectivity index (χ4n) is 1.24.